The first kappa shape index (κ1) is 14.7. The van der Waals surface area contributed by atoms with E-state index in [1.165, 1.54) is 5.56 Å². The lowest BCUT2D eigenvalue weighted by Crippen LogP contribution is -2.37. The van der Waals surface area contributed by atoms with Gasteiger partial charge in [-0.2, -0.15) is 0 Å². The van der Waals surface area contributed by atoms with Crippen LogP contribution >= 0.6 is 0 Å². The van der Waals surface area contributed by atoms with E-state index < -0.39 is 11.0 Å². The van der Waals surface area contributed by atoms with Crippen molar-refractivity contribution in [3.05, 3.63) is 29.8 Å². The summed E-state index contributed by atoms with van der Waals surface area (Å²) < 4.78 is 19.9. The molecule has 0 bridgehead atoms. The lowest BCUT2D eigenvalue weighted by atomic mass is 10.0. The highest BCUT2D eigenvalue weighted by molar-refractivity contribution is 7.82. The monoisotopic (exact) mass is 281 g/mol. The van der Waals surface area contributed by atoms with Gasteiger partial charge in [-0.25, -0.2) is 8.51 Å². The number of benzene rings is 1. The zero-order chi connectivity index (χ0) is 13.8. The SMILES string of the molecule is CC(C)c1ccc(S(=O)N(C)C2CCOCC2)cc1. The summed E-state index contributed by atoms with van der Waals surface area (Å²) in [5.74, 6) is 0.510. The number of nitrogens with zero attached hydrogens (tertiary/aromatic N) is 1. The van der Waals surface area contributed by atoms with Crippen molar-refractivity contribution in [3.8, 4) is 0 Å². The second-order valence-electron chi connectivity index (χ2n) is 5.36. The second kappa shape index (κ2) is 6.64. The molecule has 0 N–H and O–H groups in total. The van der Waals surface area contributed by atoms with Crippen molar-refractivity contribution in [1.82, 2.24) is 4.31 Å². The third-order valence-corrected chi connectivity index (χ3v) is 5.21. The predicted molar refractivity (Wildman–Crippen MR) is 78.5 cm³/mol. The fourth-order valence-corrected chi connectivity index (χ4v) is 3.50. The molecular weight excluding hydrogens is 258 g/mol. The maximum absolute atomic E-state index is 12.5. The van der Waals surface area contributed by atoms with Crippen LogP contribution in [0.5, 0.6) is 0 Å². The Hall–Kier alpha value is -0.710. The lowest BCUT2D eigenvalue weighted by Gasteiger charge is -2.30. The molecule has 0 saturated carbocycles. The van der Waals surface area contributed by atoms with Gasteiger partial charge in [-0.05, 0) is 36.5 Å². The van der Waals surface area contributed by atoms with Crippen LogP contribution in [0.15, 0.2) is 29.2 Å². The van der Waals surface area contributed by atoms with Gasteiger partial charge in [0.1, 0.15) is 11.0 Å². The summed E-state index contributed by atoms with van der Waals surface area (Å²) in [5.41, 5.74) is 1.29. The lowest BCUT2D eigenvalue weighted by molar-refractivity contribution is 0.0642. The van der Waals surface area contributed by atoms with Crippen LogP contribution in [0.4, 0.5) is 0 Å². The van der Waals surface area contributed by atoms with Gasteiger partial charge in [-0.15, -0.1) is 0 Å². The standard InChI is InChI=1S/C15H23NO2S/c1-12(2)13-4-6-15(7-5-13)19(17)16(3)14-8-10-18-11-9-14/h4-7,12,14H,8-11H2,1-3H3. The minimum Gasteiger partial charge on any atom is -0.381 e. The summed E-state index contributed by atoms with van der Waals surface area (Å²) in [4.78, 5) is 0.887. The maximum Gasteiger partial charge on any atom is 0.127 e. The van der Waals surface area contributed by atoms with E-state index in [-0.39, 0.29) is 0 Å². The Balaban J connectivity index is 2.05. The van der Waals surface area contributed by atoms with Gasteiger partial charge in [-0.1, -0.05) is 26.0 Å². The highest BCUT2D eigenvalue weighted by Gasteiger charge is 2.23. The molecule has 19 heavy (non-hydrogen) atoms. The molecule has 1 fully saturated rings. The number of ether oxygens (including phenoxy) is 1. The van der Waals surface area contributed by atoms with Gasteiger partial charge in [0.2, 0.25) is 0 Å². The van der Waals surface area contributed by atoms with Gasteiger partial charge in [0.25, 0.3) is 0 Å². The first-order valence-electron chi connectivity index (χ1n) is 6.92. The molecule has 0 aliphatic carbocycles. The number of hydrogen-bond acceptors (Lipinski definition) is 2. The predicted octanol–water partition coefficient (Wildman–Crippen LogP) is 2.94. The van der Waals surface area contributed by atoms with Crippen molar-refractivity contribution in [2.75, 3.05) is 20.3 Å². The van der Waals surface area contributed by atoms with Gasteiger partial charge in [0.05, 0.1) is 4.90 Å². The Morgan fingerprint density at radius 1 is 1.21 bits per heavy atom. The Morgan fingerprint density at radius 3 is 2.32 bits per heavy atom. The van der Waals surface area contributed by atoms with Crippen molar-refractivity contribution in [2.24, 2.45) is 0 Å². The first-order valence-corrected chi connectivity index (χ1v) is 8.02. The molecule has 1 atom stereocenters. The van der Waals surface area contributed by atoms with Gasteiger partial charge in [0.15, 0.2) is 0 Å². The third kappa shape index (κ3) is 3.65. The Morgan fingerprint density at radius 2 is 1.79 bits per heavy atom. The summed E-state index contributed by atoms with van der Waals surface area (Å²) in [5, 5.41) is 0. The molecule has 1 aromatic rings. The zero-order valence-corrected chi connectivity index (χ0v) is 12.8. The average Bonchev–Trinajstić information content (AvgIpc) is 2.46. The molecule has 3 nitrogen and oxygen atoms in total. The maximum atomic E-state index is 12.5. The molecule has 0 radical (unpaired) electrons. The van der Waals surface area contributed by atoms with E-state index in [4.69, 9.17) is 4.74 Å². The van der Waals surface area contributed by atoms with Crippen LogP contribution in [0, 0.1) is 0 Å². The van der Waals surface area contributed by atoms with Crippen molar-refractivity contribution in [1.29, 1.82) is 0 Å². The summed E-state index contributed by atoms with van der Waals surface area (Å²) >= 11 is 0. The zero-order valence-electron chi connectivity index (χ0n) is 12.0. The highest BCUT2D eigenvalue weighted by Crippen LogP contribution is 2.21. The Bertz CT molecular complexity index is 424. The smallest absolute Gasteiger partial charge is 0.127 e. The van der Waals surface area contributed by atoms with Crippen molar-refractivity contribution < 1.29 is 8.95 Å². The molecule has 1 aliphatic heterocycles. The van der Waals surface area contributed by atoms with E-state index >= 15 is 0 Å². The summed E-state index contributed by atoms with van der Waals surface area (Å²) in [6, 6.07) is 8.49. The summed E-state index contributed by atoms with van der Waals surface area (Å²) in [6.07, 6.45) is 1.93. The fraction of sp³-hybridized carbons (Fsp3) is 0.600. The topological polar surface area (TPSA) is 29.5 Å². The minimum absolute atomic E-state index is 0.361. The Kier molecular flexibility index (Phi) is 5.13. The Labute approximate surface area is 118 Å². The van der Waals surface area contributed by atoms with Crippen LogP contribution in [0.25, 0.3) is 0 Å². The van der Waals surface area contributed by atoms with Crippen LogP contribution in [0.1, 0.15) is 38.2 Å². The van der Waals surface area contributed by atoms with E-state index in [9.17, 15) is 4.21 Å². The highest BCUT2D eigenvalue weighted by atomic mass is 32.2. The van der Waals surface area contributed by atoms with Crippen LogP contribution in [0.2, 0.25) is 0 Å². The molecule has 0 spiro atoms. The molecular formula is C15H23NO2S. The molecule has 2 rings (SSSR count). The van der Waals surface area contributed by atoms with Gasteiger partial charge >= 0.3 is 0 Å². The molecule has 106 valence electrons. The summed E-state index contributed by atoms with van der Waals surface area (Å²) in [6.45, 7) is 5.89. The van der Waals surface area contributed by atoms with Gasteiger partial charge < -0.3 is 4.74 Å². The first-order chi connectivity index (χ1) is 9.09. The normalized spacial score (nSPS) is 19.0. The van der Waals surface area contributed by atoms with Crippen LogP contribution in [-0.2, 0) is 15.7 Å². The molecule has 1 saturated heterocycles. The van der Waals surface area contributed by atoms with Crippen molar-refractivity contribution in [2.45, 2.75) is 43.5 Å². The van der Waals surface area contributed by atoms with Gasteiger partial charge in [0, 0.05) is 26.3 Å². The molecule has 0 aromatic heterocycles. The summed E-state index contributed by atoms with van der Waals surface area (Å²) in [7, 11) is 0.877. The van der Waals surface area contributed by atoms with Crippen LogP contribution in [-0.4, -0.2) is 34.8 Å². The van der Waals surface area contributed by atoms with Gasteiger partial charge in [-0.3, -0.25) is 0 Å². The molecule has 4 heteroatoms. The van der Waals surface area contributed by atoms with Crippen molar-refractivity contribution >= 4 is 11.0 Å². The average molecular weight is 281 g/mol. The fourth-order valence-electron chi connectivity index (χ4n) is 2.32. The molecule has 1 aromatic carbocycles. The van der Waals surface area contributed by atoms with Crippen molar-refractivity contribution in [3.63, 3.8) is 0 Å². The minimum atomic E-state index is -1.07. The van der Waals surface area contributed by atoms with E-state index in [1.54, 1.807) is 0 Å². The second-order valence-corrected chi connectivity index (χ2v) is 6.91. The number of rotatable bonds is 4. The molecule has 1 aliphatic rings. The molecule has 1 unspecified atom stereocenters. The van der Waals surface area contributed by atoms with E-state index in [1.807, 2.05) is 23.5 Å². The van der Waals surface area contributed by atoms with E-state index in [0.717, 1.165) is 31.0 Å². The molecule has 1 heterocycles. The largest absolute Gasteiger partial charge is 0.381 e. The molecule has 0 amide bonds. The van der Waals surface area contributed by atoms with E-state index in [2.05, 4.69) is 26.0 Å². The van der Waals surface area contributed by atoms with E-state index in [0.29, 0.717) is 12.0 Å². The third-order valence-electron chi connectivity index (χ3n) is 3.72. The quantitative estimate of drug-likeness (QED) is 0.849. The van der Waals surface area contributed by atoms with Crippen LogP contribution < -0.4 is 0 Å². The van der Waals surface area contributed by atoms with Crippen LogP contribution in [0.3, 0.4) is 0 Å². The number of hydrogen-bond donors (Lipinski definition) is 0.